The number of esters is 1. The number of anilines is 1. The van der Waals surface area contributed by atoms with Crippen LogP contribution in [0.3, 0.4) is 0 Å². The van der Waals surface area contributed by atoms with Crippen LogP contribution in [0.1, 0.15) is 34.0 Å². The van der Waals surface area contributed by atoms with Crippen LogP contribution in [-0.4, -0.2) is 18.0 Å². The van der Waals surface area contributed by atoms with E-state index in [1.807, 2.05) is 51.1 Å². The molecule has 1 amide bonds. The molecule has 0 aliphatic carbocycles. The highest BCUT2D eigenvalue weighted by Gasteiger charge is 2.20. The molecule has 0 aliphatic heterocycles. The summed E-state index contributed by atoms with van der Waals surface area (Å²) in [5, 5.41) is 2.75. The summed E-state index contributed by atoms with van der Waals surface area (Å²) >= 11 is 0. The number of hydrogen-bond acceptors (Lipinski definition) is 3. The van der Waals surface area contributed by atoms with Crippen LogP contribution in [0.2, 0.25) is 0 Å². The monoisotopic (exact) mass is 311 g/mol. The summed E-state index contributed by atoms with van der Waals surface area (Å²) in [6, 6.07) is 13.0. The second-order valence-electron chi connectivity index (χ2n) is 5.72. The van der Waals surface area contributed by atoms with E-state index in [0.717, 1.165) is 16.7 Å². The molecule has 1 atom stereocenters. The van der Waals surface area contributed by atoms with Gasteiger partial charge in [0.2, 0.25) is 0 Å². The lowest BCUT2D eigenvalue weighted by molar-refractivity contribution is -0.123. The van der Waals surface area contributed by atoms with Gasteiger partial charge in [-0.15, -0.1) is 0 Å². The predicted molar refractivity (Wildman–Crippen MR) is 90.6 cm³/mol. The SMILES string of the molecule is Cc1cccc(NC(=O)[C@H](C)OC(=O)c2cc(C)ccc2C)c1. The highest BCUT2D eigenvalue weighted by atomic mass is 16.5. The van der Waals surface area contributed by atoms with Crippen molar-refractivity contribution >= 4 is 17.6 Å². The highest BCUT2D eigenvalue weighted by Crippen LogP contribution is 2.14. The van der Waals surface area contributed by atoms with Crippen molar-refractivity contribution in [2.75, 3.05) is 5.32 Å². The van der Waals surface area contributed by atoms with Crippen LogP contribution in [0.15, 0.2) is 42.5 Å². The number of aryl methyl sites for hydroxylation is 3. The maximum atomic E-state index is 12.2. The van der Waals surface area contributed by atoms with Gasteiger partial charge >= 0.3 is 5.97 Å². The number of benzene rings is 2. The van der Waals surface area contributed by atoms with E-state index in [0.29, 0.717) is 11.3 Å². The Labute approximate surface area is 136 Å². The van der Waals surface area contributed by atoms with Crippen molar-refractivity contribution in [1.82, 2.24) is 0 Å². The van der Waals surface area contributed by atoms with E-state index >= 15 is 0 Å². The van der Waals surface area contributed by atoms with Crippen LogP contribution in [0, 0.1) is 20.8 Å². The minimum atomic E-state index is -0.872. The first kappa shape index (κ1) is 16.7. The summed E-state index contributed by atoms with van der Waals surface area (Å²) < 4.78 is 5.29. The first-order chi connectivity index (χ1) is 10.9. The van der Waals surface area contributed by atoms with Crippen molar-refractivity contribution in [3.63, 3.8) is 0 Å². The van der Waals surface area contributed by atoms with Crippen LogP contribution < -0.4 is 5.32 Å². The van der Waals surface area contributed by atoms with E-state index in [1.165, 1.54) is 0 Å². The maximum Gasteiger partial charge on any atom is 0.339 e. The van der Waals surface area contributed by atoms with Crippen molar-refractivity contribution in [1.29, 1.82) is 0 Å². The Balaban J connectivity index is 2.03. The zero-order valence-corrected chi connectivity index (χ0v) is 13.8. The van der Waals surface area contributed by atoms with Crippen molar-refractivity contribution in [3.8, 4) is 0 Å². The molecule has 0 radical (unpaired) electrons. The Bertz CT molecular complexity index is 737. The van der Waals surface area contributed by atoms with Gasteiger partial charge in [0.05, 0.1) is 5.56 Å². The summed E-state index contributed by atoms with van der Waals surface area (Å²) in [5.74, 6) is -0.840. The van der Waals surface area contributed by atoms with Crippen molar-refractivity contribution < 1.29 is 14.3 Å². The average Bonchev–Trinajstić information content (AvgIpc) is 2.49. The topological polar surface area (TPSA) is 55.4 Å². The number of ether oxygens (including phenoxy) is 1. The van der Waals surface area contributed by atoms with E-state index in [-0.39, 0.29) is 5.91 Å². The molecule has 0 spiro atoms. The number of rotatable bonds is 4. The summed E-state index contributed by atoms with van der Waals surface area (Å²) in [7, 11) is 0. The van der Waals surface area contributed by atoms with E-state index in [2.05, 4.69) is 5.32 Å². The van der Waals surface area contributed by atoms with Gasteiger partial charge in [-0.3, -0.25) is 4.79 Å². The molecule has 0 bridgehead atoms. The summed E-state index contributed by atoms with van der Waals surface area (Å²) in [6.07, 6.45) is -0.872. The largest absolute Gasteiger partial charge is 0.449 e. The van der Waals surface area contributed by atoms with Crippen LogP contribution >= 0.6 is 0 Å². The zero-order chi connectivity index (χ0) is 17.0. The van der Waals surface area contributed by atoms with Gasteiger partial charge in [-0.2, -0.15) is 0 Å². The lowest BCUT2D eigenvalue weighted by atomic mass is 10.1. The fourth-order valence-electron chi connectivity index (χ4n) is 2.20. The summed E-state index contributed by atoms with van der Waals surface area (Å²) in [4.78, 5) is 24.4. The number of carbonyl (C=O) groups is 2. The van der Waals surface area contributed by atoms with Crippen LogP contribution in [0.4, 0.5) is 5.69 Å². The molecule has 0 saturated heterocycles. The molecule has 0 saturated carbocycles. The molecule has 1 N–H and O–H groups in total. The lowest BCUT2D eigenvalue weighted by Crippen LogP contribution is -2.30. The molecule has 0 aromatic heterocycles. The molecule has 0 fully saturated rings. The zero-order valence-electron chi connectivity index (χ0n) is 13.8. The van der Waals surface area contributed by atoms with Gasteiger partial charge in [0.15, 0.2) is 6.10 Å². The second kappa shape index (κ2) is 7.09. The number of carbonyl (C=O) groups excluding carboxylic acids is 2. The molecule has 120 valence electrons. The molecular weight excluding hydrogens is 290 g/mol. The molecular formula is C19H21NO3. The lowest BCUT2D eigenvalue weighted by Gasteiger charge is -2.15. The molecule has 4 nitrogen and oxygen atoms in total. The van der Waals surface area contributed by atoms with Crippen LogP contribution in [0.25, 0.3) is 0 Å². The predicted octanol–water partition coefficient (Wildman–Crippen LogP) is 3.80. The number of hydrogen-bond donors (Lipinski definition) is 1. The minimum absolute atomic E-state index is 0.353. The fourth-order valence-corrected chi connectivity index (χ4v) is 2.20. The van der Waals surface area contributed by atoms with Gasteiger partial charge in [-0.25, -0.2) is 4.79 Å². The van der Waals surface area contributed by atoms with Gasteiger partial charge < -0.3 is 10.1 Å². The Hall–Kier alpha value is -2.62. The summed E-state index contributed by atoms with van der Waals surface area (Å²) in [5.41, 5.74) is 4.01. The Morgan fingerprint density at radius 1 is 1.00 bits per heavy atom. The molecule has 0 heterocycles. The van der Waals surface area contributed by atoms with Gasteiger partial charge in [-0.05, 0) is 57.0 Å². The highest BCUT2D eigenvalue weighted by molar-refractivity contribution is 5.97. The first-order valence-electron chi connectivity index (χ1n) is 7.52. The van der Waals surface area contributed by atoms with Crippen LogP contribution in [-0.2, 0) is 9.53 Å². The average molecular weight is 311 g/mol. The summed E-state index contributed by atoms with van der Waals surface area (Å²) in [6.45, 7) is 7.26. The molecule has 4 heteroatoms. The number of amides is 1. The Morgan fingerprint density at radius 2 is 1.70 bits per heavy atom. The van der Waals surface area contributed by atoms with Gasteiger partial charge in [0.1, 0.15) is 0 Å². The fraction of sp³-hybridized carbons (Fsp3) is 0.263. The second-order valence-corrected chi connectivity index (χ2v) is 5.72. The smallest absolute Gasteiger partial charge is 0.339 e. The van der Waals surface area contributed by atoms with E-state index in [4.69, 9.17) is 4.74 Å². The molecule has 23 heavy (non-hydrogen) atoms. The van der Waals surface area contributed by atoms with E-state index in [9.17, 15) is 9.59 Å². The van der Waals surface area contributed by atoms with Gasteiger partial charge in [-0.1, -0.05) is 29.8 Å². The molecule has 2 aromatic rings. The van der Waals surface area contributed by atoms with Crippen molar-refractivity contribution in [2.45, 2.75) is 33.8 Å². The third-order valence-electron chi connectivity index (χ3n) is 3.55. The first-order valence-corrected chi connectivity index (χ1v) is 7.52. The van der Waals surface area contributed by atoms with Crippen LogP contribution in [0.5, 0.6) is 0 Å². The normalized spacial score (nSPS) is 11.7. The maximum absolute atomic E-state index is 12.2. The third kappa shape index (κ3) is 4.42. The van der Waals surface area contributed by atoms with E-state index < -0.39 is 12.1 Å². The van der Waals surface area contributed by atoms with Crippen molar-refractivity contribution in [3.05, 3.63) is 64.7 Å². The number of nitrogens with one attached hydrogen (secondary N) is 1. The minimum Gasteiger partial charge on any atom is -0.449 e. The molecule has 2 aromatic carbocycles. The quantitative estimate of drug-likeness (QED) is 0.874. The van der Waals surface area contributed by atoms with Crippen molar-refractivity contribution in [2.24, 2.45) is 0 Å². The molecule has 0 unspecified atom stereocenters. The Kier molecular flexibility index (Phi) is 5.16. The van der Waals surface area contributed by atoms with E-state index in [1.54, 1.807) is 19.1 Å². The molecule has 0 aliphatic rings. The van der Waals surface area contributed by atoms with Gasteiger partial charge in [0, 0.05) is 5.69 Å². The molecule has 2 rings (SSSR count). The Morgan fingerprint density at radius 3 is 2.39 bits per heavy atom. The third-order valence-corrected chi connectivity index (χ3v) is 3.55. The van der Waals surface area contributed by atoms with Gasteiger partial charge in [0.25, 0.3) is 5.91 Å². The standard InChI is InChI=1S/C19H21NO3/c1-12-6-5-7-16(10-12)20-18(21)15(4)23-19(22)17-11-13(2)8-9-14(17)3/h5-11,15H,1-4H3,(H,20,21)/t15-/m0/s1.